The van der Waals surface area contributed by atoms with Crippen molar-refractivity contribution in [2.45, 2.75) is 19.9 Å². The van der Waals surface area contributed by atoms with Gasteiger partial charge in [-0.1, -0.05) is 18.2 Å². The molecule has 0 saturated carbocycles. The second-order valence-electron chi connectivity index (χ2n) is 8.10. The minimum atomic E-state index is -0.493. The summed E-state index contributed by atoms with van der Waals surface area (Å²) in [5.41, 5.74) is 2.54. The summed E-state index contributed by atoms with van der Waals surface area (Å²) in [4.78, 5) is 27.5. The van der Waals surface area contributed by atoms with Crippen LogP contribution in [-0.2, 0) is 16.1 Å². The molecule has 0 bridgehead atoms. The van der Waals surface area contributed by atoms with E-state index in [4.69, 9.17) is 14.2 Å². The van der Waals surface area contributed by atoms with Gasteiger partial charge in [0.15, 0.2) is 11.5 Å². The van der Waals surface area contributed by atoms with Gasteiger partial charge in [0, 0.05) is 24.6 Å². The number of aromatic nitrogens is 2. The summed E-state index contributed by atoms with van der Waals surface area (Å²) in [6.45, 7) is 2.60. The molecule has 1 N–H and O–H groups in total. The Labute approximate surface area is 198 Å². The standard InChI is InChI=1S/C25H28N4O5/c1-16-8-9-20(32-2)19(12-16)28-14-18(13-23(28)30)25(31)27-22-10-11-26-29(22)15-17-6-5-7-21(33-3)24(17)34-4/h5-12,18H,13-15H2,1-4H3,(H,27,31). The second kappa shape index (κ2) is 9.86. The molecule has 1 fully saturated rings. The number of methoxy groups -OCH3 is 3. The number of carbonyl (C=O) groups excluding carboxylic acids is 2. The highest BCUT2D eigenvalue weighted by atomic mass is 16.5. The second-order valence-corrected chi connectivity index (χ2v) is 8.10. The number of hydrogen-bond donors (Lipinski definition) is 1. The van der Waals surface area contributed by atoms with Crippen molar-refractivity contribution in [2.75, 3.05) is 38.1 Å². The average molecular weight is 465 g/mol. The molecule has 1 saturated heterocycles. The monoisotopic (exact) mass is 464 g/mol. The van der Waals surface area contributed by atoms with Crippen LogP contribution >= 0.6 is 0 Å². The first-order valence-electron chi connectivity index (χ1n) is 10.9. The van der Waals surface area contributed by atoms with E-state index in [1.165, 1.54) is 0 Å². The number of ether oxygens (including phenoxy) is 3. The highest BCUT2D eigenvalue weighted by molar-refractivity contribution is 6.04. The van der Waals surface area contributed by atoms with Crippen LogP contribution in [0.1, 0.15) is 17.5 Å². The Morgan fingerprint density at radius 1 is 1.09 bits per heavy atom. The number of aryl methyl sites for hydroxylation is 1. The predicted molar refractivity (Wildman–Crippen MR) is 128 cm³/mol. The summed E-state index contributed by atoms with van der Waals surface area (Å²) < 4.78 is 18.0. The molecule has 0 aliphatic carbocycles. The van der Waals surface area contributed by atoms with Gasteiger partial charge in [0.1, 0.15) is 11.6 Å². The van der Waals surface area contributed by atoms with Crippen LogP contribution in [-0.4, -0.2) is 49.5 Å². The van der Waals surface area contributed by atoms with Gasteiger partial charge in [-0.3, -0.25) is 9.59 Å². The van der Waals surface area contributed by atoms with E-state index >= 15 is 0 Å². The number of para-hydroxylation sites is 1. The molecule has 4 rings (SSSR count). The van der Waals surface area contributed by atoms with Crippen LogP contribution in [0.25, 0.3) is 0 Å². The summed E-state index contributed by atoms with van der Waals surface area (Å²) in [5, 5.41) is 7.27. The molecular weight excluding hydrogens is 436 g/mol. The van der Waals surface area contributed by atoms with E-state index in [1.54, 1.807) is 43.2 Å². The molecule has 9 heteroatoms. The summed E-state index contributed by atoms with van der Waals surface area (Å²) in [6, 6.07) is 13.0. The molecule has 1 aromatic heterocycles. The van der Waals surface area contributed by atoms with E-state index in [0.717, 1.165) is 11.1 Å². The molecule has 3 aromatic rings. The maximum Gasteiger partial charge on any atom is 0.230 e. The summed E-state index contributed by atoms with van der Waals surface area (Å²) in [6.07, 6.45) is 1.74. The molecule has 0 radical (unpaired) electrons. The van der Waals surface area contributed by atoms with Gasteiger partial charge in [-0.2, -0.15) is 5.10 Å². The van der Waals surface area contributed by atoms with Gasteiger partial charge < -0.3 is 24.4 Å². The Hall–Kier alpha value is -4.01. The number of nitrogens with zero attached hydrogens (tertiary/aromatic N) is 3. The third-order valence-corrected chi connectivity index (χ3v) is 5.89. The Kier molecular flexibility index (Phi) is 6.72. The van der Waals surface area contributed by atoms with Gasteiger partial charge in [0.2, 0.25) is 11.8 Å². The van der Waals surface area contributed by atoms with Crippen LogP contribution in [0.2, 0.25) is 0 Å². The molecule has 1 atom stereocenters. The Balaban J connectivity index is 1.49. The van der Waals surface area contributed by atoms with Crippen LogP contribution in [0, 0.1) is 12.8 Å². The zero-order valence-electron chi connectivity index (χ0n) is 19.7. The maximum absolute atomic E-state index is 13.1. The summed E-state index contributed by atoms with van der Waals surface area (Å²) in [7, 11) is 4.73. The lowest BCUT2D eigenvalue weighted by atomic mass is 10.1. The van der Waals surface area contributed by atoms with Gasteiger partial charge in [-0.05, 0) is 30.7 Å². The maximum atomic E-state index is 13.1. The molecule has 1 aliphatic heterocycles. The van der Waals surface area contributed by atoms with Gasteiger partial charge >= 0.3 is 0 Å². The van der Waals surface area contributed by atoms with Crippen LogP contribution in [0.15, 0.2) is 48.7 Å². The van der Waals surface area contributed by atoms with Crippen molar-refractivity contribution in [2.24, 2.45) is 5.92 Å². The zero-order chi connectivity index (χ0) is 24.2. The van der Waals surface area contributed by atoms with E-state index in [-0.39, 0.29) is 24.8 Å². The first-order chi connectivity index (χ1) is 16.4. The lowest BCUT2D eigenvalue weighted by Gasteiger charge is -2.20. The van der Waals surface area contributed by atoms with Crippen molar-refractivity contribution in [3.63, 3.8) is 0 Å². The molecule has 2 heterocycles. The predicted octanol–water partition coefficient (Wildman–Crippen LogP) is 3.26. The van der Waals surface area contributed by atoms with Crippen molar-refractivity contribution in [3.05, 3.63) is 59.8 Å². The molecule has 9 nitrogen and oxygen atoms in total. The average Bonchev–Trinajstić information content (AvgIpc) is 3.44. The fourth-order valence-corrected chi connectivity index (χ4v) is 4.16. The SMILES string of the molecule is COc1ccc(C)cc1N1CC(C(=O)Nc2ccnn2Cc2cccc(OC)c2OC)CC1=O. The highest BCUT2D eigenvalue weighted by Crippen LogP contribution is 2.35. The molecule has 1 aliphatic rings. The highest BCUT2D eigenvalue weighted by Gasteiger charge is 2.36. The fraction of sp³-hybridized carbons (Fsp3) is 0.320. The number of rotatable bonds is 8. The van der Waals surface area contributed by atoms with E-state index in [2.05, 4.69) is 10.4 Å². The Morgan fingerprint density at radius 2 is 1.88 bits per heavy atom. The third kappa shape index (κ3) is 4.54. The number of hydrogen-bond acceptors (Lipinski definition) is 6. The van der Waals surface area contributed by atoms with Crippen molar-refractivity contribution in [1.29, 1.82) is 0 Å². The number of nitrogens with one attached hydrogen (secondary N) is 1. The van der Waals surface area contributed by atoms with Crippen LogP contribution in [0.5, 0.6) is 17.2 Å². The molecule has 0 spiro atoms. The van der Waals surface area contributed by atoms with E-state index in [0.29, 0.717) is 35.3 Å². The molecule has 178 valence electrons. The number of amides is 2. The van der Waals surface area contributed by atoms with Crippen molar-refractivity contribution < 1.29 is 23.8 Å². The third-order valence-electron chi connectivity index (χ3n) is 5.89. The minimum absolute atomic E-state index is 0.112. The minimum Gasteiger partial charge on any atom is -0.495 e. The van der Waals surface area contributed by atoms with E-state index in [9.17, 15) is 9.59 Å². The largest absolute Gasteiger partial charge is 0.495 e. The quantitative estimate of drug-likeness (QED) is 0.550. The van der Waals surface area contributed by atoms with Crippen molar-refractivity contribution in [1.82, 2.24) is 9.78 Å². The van der Waals surface area contributed by atoms with Crippen molar-refractivity contribution >= 4 is 23.3 Å². The van der Waals surface area contributed by atoms with Gasteiger partial charge in [-0.15, -0.1) is 0 Å². The molecule has 2 aromatic carbocycles. The first kappa shape index (κ1) is 23.2. The fourth-order valence-electron chi connectivity index (χ4n) is 4.16. The lowest BCUT2D eigenvalue weighted by molar-refractivity contribution is -0.122. The van der Waals surface area contributed by atoms with Crippen LogP contribution < -0.4 is 24.4 Å². The normalized spacial score (nSPS) is 15.4. The van der Waals surface area contributed by atoms with Crippen LogP contribution in [0.4, 0.5) is 11.5 Å². The Morgan fingerprint density at radius 3 is 2.62 bits per heavy atom. The van der Waals surface area contributed by atoms with Crippen LogP contribution in [0.3, 0.4) is 0 Å². The number of carbonyl (C=O) groups is 2. The first-order valence-corrected chi connectivity index (χ1v) is 10.9. The molecular formula is C25H28N4O5. The summed E-state index contributed by atoms with van der Waals surface area (Å²) >= 11 is 0. The van der Waals surface area contributed by atoms with Gasteiger partial charge in [0.05, 0.1) is 45.7 Å². The lowest BCUT2D eigenvalue weighted by Crippen LogP contribution is -2.29. The number of anilines is 2. The van der Waals surface area contributed by atoms with Crippen molar-refractivity contribution in [3.8, 4) is 17.2 Å². The smallest absolute Gasteiger partial charge is 0.230 e. The van der Waals surface area contributed by atoms with Gasteiger partial charge in [0.25, 0.3) is 0 Å². The van der Waals surface area contributed by atoms with E-state index < -0.39 is 5.92 Å². The van der Waals surface area contributed by atoms with Gasteiger partial charge in [-0.25, -0.2) is 4.68 Å². The molecule has 1 unspecified atom stereocenters. The summed E-state index contributed by atoms with van der Waals surface area (Å²) in [5.74, 6) is 1.53. The molecule has 2 amide bonds. The molecule has 34 heavy (non-hydrogen) atoms. The topological polar surface area (TPSA) is 94.9 Å². The Bertz CT molecular complexity index is 1210. The van der Waals surface area contributed by atoms with E-state index in [1.807, 2.05) is 43.3 Å². The zero-order valence-corrected chi connectivity index (χ0v) is 19.7. The number of benzene rings is 2.